The van der Waals surface area contributed by atoms with Gasteiger partial charge >= 0.3 is 0 Å². The first-order chi connectivity index (χ1) is 8.08. The van der Waals surface area contributed by atoms with Gasteiger partial charge in [0.2, 0.25) is 0 Å². The Kier molecular flexibility index (Phi) is 6.00. The molecule has 0 unspecified atom stereocenters. The van der Waals surface area contributed by atoms with Crippen molar-refractivity contribution in [2.24, 2.45) is 0 Å². The summed E-state index contributed by atoms with van der Waals surface area (Å²) in [7, 11) is 0. The summed E-state index contributed by atoms with van der Waals surface area (Å²) in [6.45, 7) is 13.1. The normalized spacial score (nSPS) is 10.9. The summed E-state index contributed by atoms with van der Waals surface area (Å²) >= 11 is 3.52. The van der Waals surface area contributed by atoms with Crippen molar-refractivity contribution in [1.29, 1.82) is 0 Å². The third-order valence-electron chi connectivity index (χ3n) is 3.12. The minimum Gasteiger partial charge on any atom is -0.383 e. The van der Waals surface area contributed by atoms with E-state index in [1.807, 2.05) is 0 Å². The van der Waals surface area contributed by atoms with E-state index in [0.29, 0.717) is 0 Å². The third kappa shape index (κ3) is 4.32. The molecular weight excluding hydrogens is 276 g/mol. The lowest BCUT2D eigenvalue weighted by atomic mass is 10.1. The number of hydrogen-bond acceptors (Lipinski definition) is 2. The van der Waals surface area contributed by atoms with Gasteiger partial charge in [-0.25, -0.2) is 0 Å². The van der Waals surface area contributed by atoms with Crippen LogP contribution in [-0.2, 0) is 0 Å². The molecule has 0 aliphatic heterocycles. The summed E-state index contributed by atoms with van der Waals surface area (Å²) in [4.78, 5) is 2.43. The minimum absolute atomic E-state index is 1.00. The van der Waals surface area contributed by atoms with Crippen molar-refractivity contribution in [1.82, 2.24) is 4.90 Å². The van der Waals surface area contributed by atoms with Crippen molar-refractivity contribution in [2.45, 2.75) is 27.7 Å². The first-order valence-corrected chi connectivity index (χ1v) is 7.10. The second-order valence-corrected chi connectivity index (χ2v) is 5.28. The molecule has 0 atom stereocenters. The Morgan fingerprint density at radius 2 is 1.65 bits per heavy atom. The molecule has 0 spiro atoms. The van der Waals surface area contributed by atoms with Gasteiger partial charge < -0.3 is 10.2 Å². The maximum absolute atomic E-state index is 3.55. The van der Waals surface area contributed by atoms with E-state index in [9.17, 15) is 0 Å². The molecule has 0 saturated heterocycles. The fourth-order valence-electron chi connectivity index (χ4n) is 2.07. The Hall–Kier alpha value is -0.540. The van der Waals surface area contributed by atoms with Gasteiger partial charge in [0.25, 0.3) is 0 Å². The van der Waals surface area contributed by atoms with Crippen LogP contribution in [0.15, 0.2) is 16.6 Å². The fraction of sp³-hybridized carbons (Fsp3) is 0.571. The number of nitrogens with zero attached hydrogens (tertiary/aromatic N) is 1. The first kappa shape index (κ1) is 14.5. The predicted molar refractivity (Wildman–Crippen MR) is 79.9 cm³/mol. The van der Waals surface area contributed by atoms with Crippen LogP contribution in [0, 0.1) is 13.8 Å². The van der Waals surface area contributed by atoms with Crippen LogP contribution in [-0.4, -0.2) is 31.1 Å². The molecule has 17 heavy (non-hydrogen) atoms. The van der Waals surface area contributed by atoms with E-state index in [1.54, 1.807) is 0 Å². The van der Waals surface area contributed by atoms with Crippen molar-refractivity contribution in [2.75, 3.05) is 31.5 Å². The maximum atomic E-state index is 3.55. The standard InChI is InChI=1S/C14H23BrN2/c1-5-17(6-2)8-7-16-14-11(3)9-13(15)10-12(14)4/h9-10,16H,5-8H2,1-4H3. The summed E-state index contributed by atoms with van der Waals surface area (Å²) < 4.78 is 1.15. The molecule has 0 radical (unpaired) electrons. The molecule has 0 aliphatic carbocycles. The molecule has 1 rings (SSSR count). The molecule has 1 aromatic rings. The maximum Gasteiger partial charge on any atom is 0.0400 e. The van der Waals surface area contributed by atoms with Gasteiger partial charge in [0.05, 0.1) is 0 Å². The number of likely N-dealkylation sites (N-methyl/N-ethyl adjacent to an activating group) is 1. The molecule has 0 amide bonds. The van der Waals surface area contributed by atoms with Gasteiger partial charge in [-0.15, -0.1) is 0 Å². The van der Waals surface area contributed by atoms with Crippen LogP contribution < -0.4 is 5.32 Å². The van der Waals surface area contributed by atoms with E-state index in [-0.39, 0.29) is 0 Å². The lowest BCUT2D eigenvalue weighted by molar-refractivity contribution is 0.316. The van der Waals surface area contributed by atoms with Gasteiger partial charge in [-0.1, -0.05) is 29.8 Å². The van der Waals surface area contributed by atoms with Crippen molar-refractivity contribution in [3.05, 3.63) is 27.7 Å². The van der Waals surface area contributed by atoms with Crippen molar-refractivity contribution >= 4 is 21.6 Å². The molecule has 0 heterocycles. The molecular formula is C14H23BrN2. The highest BCUT2D eigenvalue weighted by Gasteiger charge is 2.04. The Bertz CT molecular complexity index is 336. The molecule has 3 heteroatoms. The number of nitrogens with one attached hydrogen (secondary N) is 1. The smallest absolute Gasteiger partial charge is 0.0400 e. The third-order valence-corrected chi connectivity index (χ3v) is 3.58. The van der Waals surface area contributed by atoms with Gasteiger partial charge in [0.15, 0.2) is 0 Å². The first-order valence-electron chi connectivity index (χ1n) is 6.31. The van der Waals surface area contributed by atoms with Crippen LogP contribution in [0.3, 0.4) is 0 Å². The Labute approximate surface area is 114 Å². The lowest BCUT2D eigenvalue weighted by Crippen LogP contribution is -2.28. The van der Waals surface area contributed by atoms with Crippen LogP contribution in [0.1, 0.15) is 25.0 Å². The molecule has 0 aromatic heterocycles. The van der Waals surface area contributed by atoms with Crippen molar-refractivity contribution in [3.8, 4) is 0 Å². The zero-order chi connectivity index (χ0) is 12.8. The van der Waals surface area contributed by atoms with Crippen molar-refractivity contribution in [3.63, 3.8) is 0 Å². The second kappa shape index (κ2) is 7.02. The van der Waals surface area contributed by atoms with E-state index >= 15 is 0 Å². The topological polar surface area (TPSA) is 15.3 Å². The SMILES string of the molecule is CCN(CC)CCNc1c(C)cc(Br)cc1C. The molecule has 1 N–H and O–H groups in total. The van der Waals surface area contributed by atoms with Gasteiger partial charge in [-0.2, -0.15) is 0 Å². The van der Waals surface area contributed by atoms with Gasteiger partial charge in [0, 0.05) is 23.2 Å². The highest BCUT2D eigenvalue weighted by atomic mass is 79.9. The van der Waals surface area contributed by atoms with E-state index < -0.39 is 0 Å². The largest absolute Gasteiger partial charge is 0.383 e. The van der Waals surface area contributed by atoms with Crippen LogP contribution in [0.25, 0.3) is 0 Å². The van der Waals surface area contributed by atoms with E-state index in [2.05, 4.69) is 66.0 Å². The molecule has 1 aromatic carbocycles. The number of halogens is 1. The summed E-state index contributed by atoms with van der Waals surface area (Å²) in [5, 5.41) is 3.55. The Morgan fingerprint density at radius 3 is 2.12 bits per heavy atom. The summed E-state index contributed by atoms with van der Waals surface area (Å²) in [5.74, 6) is 0. The van der Waals surface area contributed by atoms with Gasteiger partial charge in [-0.3, -0.25) is 0 Å². The number of hydrogen-bond donors (Lipinski definition) is 1. The van der Waals surface area contributed by atoms with Crippen LogP contribution >= 0.6 is 15.9 Å². The fourth-order valence-corrected chi connectivity index (χ4v) is 2.76. The summed E-state index contributed by atoms with van der Waals surface area (Å²) in [6, 6.07) is 4.32. The van der Waals surface area contributed by atoms with Gasteiger partial charge in [-0.05, 0) is 50.2 Å². The number of aryl methyl sites for hydroxylation is 2. The molecule has 0 bridgehead atoms. The van der Waals surface area contributed by atoms with Gasteiger partial charge in [0.1, 0.15) is 0 Å². The van der Waals surface area contributed by atoms with Crippen LogP contribution in [0.4, 0.5) is 5.69 Å². The highest BCUT2D eigenvalue weighted by molar-refractivity contribution is 9.10. The van der Waals surface area contributed by atoms with Crippen LogP contribution in [0.5, 0.6) is 0 Å². The minimum atomic E-state index is 1.00. The average Bonchev–Trinajstić information content (AvgIpc) is 2.27. The Balaban J connectivity index is 2.58. The molecule has 96 valence electrons. The predicted octanol–water partition coefficient (Wildman–Crippen LogP) is 3.82. The quantitative estimate of drug-likeness (QED) is 0.859. The number of benzene rings is 1. The summed E-state index contributed by atoms with van der Waals surface area (Å²) in [6.07, 6.45) is 0. The second-order valence-electron chi connectivity index (χ2n) is 4.37. The number of anilines is 1. The molecule has 0 aliphatic rings. The molecule has 2 nitrogen and oxygen atoms in total. The summed E-state index contributed by atoms with van der Waals surface area (Å²) in [5.41, 5.74) is 3.88. The van der Waals surface area contributed by atoms with E-state index in [4.69, 9.17) is 0 Å². The molecule has 0 fully saturated rings. The molecule has 0 saturated carbocycles. The highest BCUT2D eigenvalue weighted by Crippen LogP contribution is 2.24. The van der Waals surface area contributed by atoms with Crippen molar-refractivity contribution < 1.29 is 0 Å². The van der Waals surface area contributed by atoms with Crippen LogP contribution in [0.2, 0.25) is 0 Å². The zero-order valence-corrected chi connectivity index (χ0v) is 12.9. The Morgan fingerprint density at radius 1 is 1.12 bits per heavy atom. The monoisotopic (exact) mass is 298 g/mol. The lowest BCUT2D eigenvalue weighted by Gasteiger charge is -2.20. The number of rotatable bonds is 6. The van der Waals surface area contributed by atoms with E-state index in [0.717, 1.165) is 30.7 Å². The average molecular weight is 299 g/mol. The zero-order valence-electron chi connectivity index (χ0n) is 11.3. The van der Waals surface area contributed by atoms with E-state index in [1.165, 1.54) is 16.8 Å².